The van der Waals surface area contributed by atoms with Crippen molar-refractivity contribution in [3.05, 3.63) is 28.8 Å². The van der Waals surface area contributed by atoms with Crippen molar-refractivity contribution in [2.24, 2.45) is 4.99 Å². The van der Waals surface area contributed by atoms with E-state index in [2.05, 4.69) is 4.99 Å². The maximum Gasteiger partial charge on any atom is 0.303 e. The van der Waals surface area contributed by atoms with Gasteiger partial charge in [0.2, 0.25) is 6.08 Å². The fourth-order valence-electron chi connectivity index (χ4n) is 1.02. The molecular formula is C9H5ClF3NO. The third-order valence-corrected chi connectivity index (χ3v) is 1.92. The van der Waals surface area contributed by atoms with Crippen LogP contribution in [0.15, 0.2) is 23.2 Å². The molecule has 0 saturated carbocycles. The summed E-state index contributed by atoms with van der Waals surface area (Å²) in [5.41, 5.74) is -1.06. The minimum absolute atomic E-state index is 0.0166. The molecule has 0 fully saturated rings. The van der Waals surface area contributed by atoms with Crippen LogP contribution in [0.5, 0.6) is 0 Å². The van der Waals surface area contributed by atoms with Crippen LogP contribution in [0.2, 0.25) is 5.02 Å². The predicted octanol–water partition coefficient (Wildman–Crippen LogP) is 3.37. The fourth-order valence-corrected chi connectivity index (χ4v) is 1.19. The molecule has 0 aliphatic heterocycles. The summed E-state index contributed by atoms with van der Waals surface area (Å²) >= 11 is 5.48. The second-order valence-corrected chi connectivity index (χ2v) is 3.14. The molecule has 1 aromatic carbocycles. The van der Waals surface area contributed by atoms with Gasteiger partial charge in [0.25, 0.3) is 0 Å². The molecule has 0 radical (unpaired) electrons. The van der Waals surface area contributed by atoms with E-state index in [9.17, 15) is 18.0 Å². The van der Waals surface area contributed by atoms with Crippen LogP contribution in [0, 0.1) is 0 Å². The number of alkyl halides is 3. The van der Waals surface area contributed by atoms with Crippen LogP contribution in [-0.4, -0.2) is 12.8 Å². The van der Waals surface area contributed by atoms with Crippen molar-refractivity contribution in [3.8, 4) is 0 Å². The Morgan fingerprint density at radius 2 is 2.13 bits per heavy atom. The third-order valence-electron chi connectivity index (χ3n) is 1.69. The lowest BCUT2D eigenvalue weighted by atomic mass is 10.1. The number of nitrogens with zero attached hydrogens (tertiary/aromatic N) is 1. The maximum absolute atomic E-state index is 13.0. The van der Waals surface area contributed by atoms with E-state index in [0.717, 1.165) is 18.2 Å². The van der Waals surface area contributed by atoms with Gasteiger partial charge in [0.05, 0.1) is 11.3 Å². The van der Waals surface area contributed by atoms with E-state index in [1.54, 1.807) is 0 Å². The first kappa shape index (κ1) is 11.8. The number of hydrogen-bond donors (Lipinski definition) is 0. The largest absolute Gasteiger partial charge is 0.303 e. The van der Waals surface area contributed by atoms with Gasteiger partial charge in [-0.3, -0.25) is 0 Å². The lowest BCUT2D eigenvalue weighted by Gasteiger charge is -2.14. The van der Waals surface area contributed by atoms with Gasteiger partial charge in [-0.2, -0.15) is 13.8 Å². The molecule has 0 unspecified atom stereocenters. The van der Waals surface area contributed by atoms with Crippen LogP contribution >= 0.6 is 11.6 Å². The van der Waals surface area contributed by atoms with Crippen molar-refractivity contribution in [1.82, 2.24) is 0 Å². The molecule has 0 bridgehead atoms. The van der Waals surface area contributed by atoms with Crippen LogP contribution in [0.1, 0.15) is 5.56 Å². The van der Waals surface area contributed by atoms with E-state index in [1.807, 2.05) is 0 Å². The van der Waals surface area contributed by atoms with Crippen molar-refractivity contribution < 1.29 is 18.0 Å². The van der Waals surface area contributed by atoms with Crippen molar-refractivity contribution in [2.45, 2.75) is 5.92 Å². The quantitative estimate of drug-likeness (QED) is 0.583. The summed E-state index contributed by atoms with van der Waals surface area (Å²) in [7, 11) is 0. The zero-order valence-corrected chi connectivity index (χ0v) is 8.06. The average molecular weight is 236 g/mol. The van der Waals surface area contributed by atoms with E-state index in [-0.39, 0.29) is 10.7 Å². The van der Waals surface area contributed by atoms with E-state index >= 15 is 0 Å². The molecule has 0 saturated heterocycles. The summed E-state index contributed by atoms with van der Waals surface area (Å²) < 4.78 is 38.1. The third kappa shape index (κ3) is 2.58. The van der Waals surface area contributed by atoms with Crippen LogP contribution in [0.4, 0.5) is 18.9 Å². The van der Waals surface area contributed by atoms with Gasteiger partial charge in [0.15, 0.2) is 6.67 Å². The van der Waals surface area contributed by atoms with Gasteiger partial charge in [-0.15, -0.1) is 0 Å². The Kier molecular flexibility index (Phi) is 3.50. The van der Waals surface area contributed by atoms with Crippen molar-refractivity contribution in [2.75, 3.05) is 6.67 Å². The first-order valence-electron chi connectivity index (χ1n) is 3.83. The summed E-state index contributed by atoms with van der Waals surface area (Å²) in [4.78, 5) is 13.0. The molecule has 0 aliphatic carbocycles. The van der Waals surface area contributed by atoms with Crippen molar-refractivity contribution >= 4 is 23.4 Å². The Labute approximate surface area is 88.4 Å². The van der Waals surface area contributed by atoms with E-state index in [4.69, 9.17) is 11.6 Å². The number of rotatable bonds is 3. The number of halogens is 4. The van der Waals surface area contributed by atoms with Gasteiger partial charge in [0, 0.05) is 5.02 Å². The predicted molar refractivity (Wildman–Crippen MR) is 49.1 cm³/mol. The smallest absolute Gasteiger partial charge is 0.244 e. The highest BCUT2D eigenvalue weighted by Crippen LogP contribution is 2.36. The van der Waals surface area contributed by atoms with Gasteiger partial charge in [-0.1, -0.05) is 11.6 Å². The van der Waals surface area contributed by atoms with E-state index in [1.165, 1.54) is 6.07 Å². The van der Waals surface area contributed by atoms with E-state index < -0.39 is 18.2 Å². The Morgan fingerprint density at radius 1 is 1.47 bits per heavy atom. The molecule has 0 N–H and O–H groups in total. The number of aliphatic imine (C=N–C) groups is 1. The van der Waals surface area contributed by atoms with Crippen LogP contribution in [-0.2, 0) is 10.7 Å². The topological polar surface area (TPSA) is 29.4 Å². The van der Waals surface area contributed by atoms with Crippen LogP contribution < -0.4 is 0 Å². The summed E-state index contributed by atoms with van der Waals surface area (Å²) in [6.07, 6.45) is 1.12. The lowest BCUT2D eigenvalue weighted by molar-refractivity contribution is -0.0274. The minimum atomic E-state index is -3.71. The Balaban J connectivity index is 3.36. The van der Waals surface area contributed by atoms with Gasteiger partial charge in [0.1, 0.15) is 0 Å². The molecule has 0 amide bonds. The Morgan fingerprint density at radius 3 is 2.67 bits per heavy atom. The Hall–Kier alpha value is -1.32. The first-order valence-corrected chi connectivity index (χ1v) is 4.21. The van der Waals surface area contributed by atoms with Gasteiger partial charge < -0.3 is 0 Å². The van der Waals surface area contributed by atoms with E-state index in [0.29, 0.717) is 0 Å². The highest BCUT2D eigenvalue weighted by Gasteiger charge is 2.34. The molecule has 15 heavy (non-hydrogen) atoms. The van der Waals surface area contributed by atoms with Gasteiger partial charge in [-0.05, 0) is 18.2 Å². The van der Waals surface area contributed by atoms with Gasteiger partial charge in [-0.25, -0.2) is 9.18 Å². The second kappa shape index (κ2) is 4.47. The van der Waals surface area contributed by atoms with Gasteiger partial charge >= 0.3 is 5.92 Å². The summed E-state index contributed by atoms with van der Waals surface area (Å²) in [5, 5.41) is 0.0166. The summed E-state index contributed by atoms with van der Waals surface area (Å²) in [5.74, 6) is -3.71. The molecule has 0 atom stereocenters. The number of carbonyl (C=O) groups excluding carboxylic acids is 1. The molecule has 0 spiro atoms. The molecule has 1 aromatic rings. The van der Waals surface area contributed by atoms with Crippen molar-refractivity contribution in [3.63, 3.8) is 0 Å². The molecule has 2 nitrogen and oxygen atoms in total. The Bertz CT molecular complexity index is 416. The summed E-state index contributed by atoms with van der Waals surface area (Å²) in [6.45, 7) is -1.88. The van der Waals surface area contributed by atoms with Crippen molar-refractivity contribution in [1.29, 1.82) is 0 Å². The summed E-state index contributed by atoms with van der Waals surface area (Å²) in [6, 6.07) is 3.25. The second-order valence-electron chi connectivity index (χ2n) is 2.70. The molecule has 6 heteroatoms. The number of isocyanates is 1. The highest BCUT2D eigenvalue weighted by atomic mass is 35.5. The first-order chi connectivity index (χ1) is 7.01. The molecule has 0 heterocycles. The zero-order valence-electron chi connectivity index (χ0n) is 7.31. The normalized spacial score (nSPS) is 10.9. The highest BCUT2D eigenvalue weighted by molar-refractivity contribution is 6.30. The standard InChI is InChI=1S/C9H5ClF3NO/c10-6-1-2-8(14-5-15)7(3-6)9(12,13)4-11/h1-3H,4H2. The fraction of sp³-hybridized carbons (Fsp3) is 0.222. The molecular weight excluding hydrogens is 231 g/mol. The minimum Gasteiger partial charge on any atom is -0.244 e. The molecule has 80 valence electrons. The SMILES string of the molecule is O=C=Nc1ccc(Cl)cc1C(F)(F)CF. The maximum atomic E-state index is 13.0. The zero-order chi connectivity index (χ0) is 11.5. The monoisotopic (exact) mass is 235 g/mol. The molecule has 0 aliphatic rings. The average Bonchev–Trinajstić information content (AvgIpc) is 2.21. The molecule has 1 rings (SSSR count). The van der Waals surface area contributed by atoms with Crippen LogP contribution in [0.25, 0.3) is 0 Å². The molecule has 0 aromatic heterocycles. The number of hydrogen-bond acceptors (Lipinski definition) is 2. The van der Waals surface area contributed by atoms with Crippen LogP contribution in [0.3, 0.4) is 0 Å². The number of benzene rings is 1. The lowest BCUT2D eigenvalue weighted by Crippen LogP contribution is -2.15.